The van der Waals surface area contributed by atoms with E-state index in [1.807, 2.05) is 25.1 Å². The first-order valence-electron chi connectivity index (χ1n) is 6.35. The zero-order valence-corrected chi connectivity index (χ0v) is 11.1. The van der Waals surface area contributed by atoms with Crippen molar-refractivity contribution in [2.45, 2.75) is 26.2 Å². The topological polar surface area (TPSA) is 21.3 Å². The maximum absolute atomic E-state index is 5.91. The van der Waals surface area contributed by atoms with Crippen LogP contribution in [0.2, 0.25) is 5.02 Å². The molecule has 0 amide bonds. The summed E-state index contributed by atoms with van der Waals surface area (Å²) in [5.74, 6) is 1.73. The van der Waals surface area contributed by atoms with Crippen LogP contribution in [0.3, 0.4) is 0 Å². The van der Waals surface area contributed by atoms with Crippen molar-refractivity contribution < 1.29 is 4.74 Å². The van der Waals surface area contributed by atoms with Gasteiger partial charge in [-0.3, -0.25) is 0 Å². The normalized spacial score (nSPS) is 20.2. The summed E-state index contributed by atoms with van der Waals surface area (Å²) in [6.07, 6.45) is 3.76. The van der Waals surface area contributed by atoms with Gasteiger partial charge in [-0.25, -0.2) is 0 Å². The van der Waals surface area contributed by atoms with E-state index in [2.05, 4.69) is 5.32 Å². The third kappa shape index (κ3) is 3.90. The van der Waals surface area contributed by atoms with Gasteiger partial charge in [-0.15, -0.1) is 0 Å². The number of rotatable bonds is 4. The summed E-state index contributed by atoms with van der Waals surface area (Å²) < 4.78 is 5.81. The van der Waals surface area contributed by atoms with Gasteiger partial charge in [-0.1, -0.05) is 11.6 Å². The molecule has 1 atom stereocenters. The second-order valence-corrected chi connectivity index (χ2v) is 5.20. The molecular formula is C14H20ClNO. The molecule has 0 aromatic heterocycles. The quantitative estimate of drug-likeness (QED) is 0.888. The highest BCUT2D eigenvalue weighted by Crippen LogP contribution is 2.22. The minimum atomic E-state index is 0.770. The van der Waals surface area contributed by atoms with Crippen LogP contribution in [0.1, 0.15) is 24.8 Å². The Morgan fingerprint density at radius 1 is 1.47 bits per heavy atom. The van der Waals surface area contributed by atoms with E-state index < -0.39 is 0 Å². The summed E-state index contributed by atoms with van der Waals surface area (Å²) in [6, 6.07) is 5.78. The molecule has 0 aliphatic carbocycles. The fourth-order valence-corrected chi connectivity index (χ4v) is 2.51. The van der Waals surface area contributed by atoms with Crippen LogP contribution in [0, 0.1) is 12.8 Å². The zero-order chi connectivity index (χ0) is 12.1. The van der Waals surface area contributed by atoms with Crippen molar-refractivity contribution in [3.8, 4) is 5.75 Å². The van der Waals surface area contributed by atoms with Crippen LogP contribution in [0.5, 0.6) is 5.75 Å². The number of piperidine rings is 1. The van der Waals surface area contributed by atoms with Crippen LogP contribution < -0.4 is 10.1 Å². The van der Waals surface area contributed by atoms with Crippen molar-refractivity contribution >= 4 is 11.6 Å². The van der Waals surface area contributed by atoms with E-state index in [1.165, 1.54) is 19.4 Å². The van der Waals surface area contributed by atoms with Crippen LogP contribution >= 0.6 is 11.6 Å². The fraction of sp³-hybridized carbons (Fsp3) is 0.571. The molecule has 0 radical (unpaired) electrons. The van der Waals surface area contributed by atoms with Gasteiger partial charge >= 0.3 is 0 Å². The lowest BCUT2D eigenvalue weighted by Gasteiger charge is -2.22. The van der Waals surface area contributed by atoms with E-state index in [0.717, 1.165) is 41.8 Å². The van der Waals surface area contributed by atoms with Gasteiger partial charge in [-0.05, 0) is 69.0 Å². The lowest BCUT2D eigenvalue weighted by Crippen LogP contribution is -2.30. The van der Waals surface area contributed by atoms with Crippen molar-refractivity contribution in [2.24, 2.45) is 5.92 Å². The predicted molar refractivity (Wildman–Crippen MR) is 71.9 cm³/mol. The van der Waals surface area contributed by atoms with Crippen LogP contribution in [-0.4, -0.2) is 19.7 Å². The Bertz CT molecular complexity index is 361. The minimum Gasteiger partial charge on any atom is -0.493 e. The van der Waals surface area contributed by atoms with Gasteiger partial charge in [-0.2, -0.15) is 0 Å². The molecule has 1 fully saturated rings. The monoisotopic (exact) mass is 253 g/mol. The van der Waals surface area contributed by atoms with Crippen molar-refractivity contribution in [3.05, 3.63) is 28.8 Å². The van der Waals surface area contributed by atoms with E-state index in [0.29, 0.717) is 0 Å². The molecule has 1 aromatic carbocycles. The van der Waals surface area contributed by atoms with Gasteiger partial charge in [0.15, 0.2) is 0 Å². The number of ether oxygens (including phenoxy) is 1. The average Bonchev–Trinajstić information content (AvgIpc) is 2.33. The molecule has 1 heterocycles. The summed E-state index contributed by atoms with van der Waals surface area (Å²) in [7, 11) is 0. The molecule has 0 saturated carbocycles. The Kier molecular flexibility index (Phi) is 4.69. The Morgan fingerprint density at radius 3 is 3.06 bits per heavy atom. The number of benzene rings is 1. The highest BCUT2D eigenvalue weighted by atomic mass is 35.5. The highest BCUT2D eigenvalue weighted by Gasteiger charge is 2.12. The molecule has 1 N–H and O–H groups in total. The largest absolute Gasteiger partial charge is 0.493 e. The molecule has 17 heavy (non-hydrogen) atoms. The van der Waals surface area contributed by atoms with Gasteiger partial charge in [0.05, 0.1) is 6.61 Å². The number of aryl methyl sites for hydroxylation is 1. The maximum atomic E-state index is 5.91. The molecule has 1 aliphatic rings. The second-order valence-electron chi connectivity index (χ2n) is 4.76. The summed E-state index contributed by atoms with van der Waals surface area (Å²) in [4.78, 5) is 0. The van der Waals surface area contributed by atoms with Crippen molar-refractivity contribution in [2.75, 3.05) is 19.7 Å². The zero-order valence-electron chi connectivity index (χ0n) is 10.3. The summed E-state index contributed by atoms with van der Waals surface area (Å²) >= 11 is 5.91. The van der Waals surface area contributed by atoms with E-state index >= 15 is 0 Å². The number of nitrogens with one attached hydrogen (secondary N) is 1. The molecule has 94 valence electrons. The first-order valence-corrected chi connectivity index (χ1v) is 6.73. The summed E-state index contributed by atoms with van der Waals surface area (Å²) in [5.41, 5.74) is 1.11. The van der Waals surface area contributed by atoms with E-state index in [9.17, 15) is 0 Å². The SMILES string of the molecule is Cc1cc(Cl)ccc1OCCC1CCCNC1. The van der Waals surface area contributed by atoms with E-state index in [1.54, 1.807) is 0 Å². The Morgan fingerprint density at radius 2 is 2.35 bits per heavy atom. The number of halogens is 1. The molecule has 1 aromatic rings. The van der Waals surface area contributed by atoms with E-state index in [4.69, 9.17) is 16.3 Å². The van der Waals surface area contributed by atoms with Gasteiger partial charge in [0.2, 0.25) is 0 Å². The van der Waals surface area contributed by atoms with Crippen LogP contribution in [-0.2, 0) is 0 Å². The van der Waals surface area contributed by atoms with Gasteiger partial charge < -0.3 is 10.1 Å². The Hall–Kier alpha value is -0.730. The van der Waals surface area contributed by atoms with Crippen molar-refractivity contribution in [3.63, 3.8) is 0 Å². The molecule has 1 unspecified atom stereocenters. The lowest BCUT2D eigenvalue weighted by molar-refractivity contribution is 0.253. The van der Waals surface area contributed by atoms with Crippen LogP contribution in [0.25, 0.3) is 0 Å². The number of hydrogen-bond acceptors (Lipinski definition) is 2. The first-order chi connectivity index (χ1) is 8.25. The molecule has 2 nitrogen and oxygen atoms in total. The number of hydrogen-bond donors (Lipinski definition) is 1. The van der Waals surface area contributed by atoms with Gasteiger partial charge in [0, 0.05) is 5.02 Å². The average molecular weight is 254 g/mol. The van der Waals surface area contributed by atoms with Gasteiger partial charge in [0.25, 0.3) is 0 Å². The lowest BCUT2D eigenvalue weighted by atomic mass is 9.97. The Balaban J connectivity index is 1.77. The first kappa shape index (κ1) is 12.7. The smallest absolute Gasteiger partial charge is 0.122 e. The van der Waals surface area contributed by atoms with Crippen molar-refractivity contribution in [1.82, 2.24) is 5.32 Å². The molecule has 1 saturated heterocycles. The Labute approximate surface area is 108 Å². The maximum Gasteiger partial charge on any atom is 0.122 e. The van der Waals surface area contributed by atoms with Crippen LogP contribution in [0.4, 0.5) is 0 Å². The molecular weight excluding hydrogens is 234 g/mol. The second kappa shape index (κ2) is 6.27. The fourth-order valence-electron chi connectivity index (χ4n) is 2.28. The third-order valence-electron chi connectivity index (χ3n) is 3.32. The predicted octanol–water partition coefficient (Wildman–Crippen LogP) is 3.42. The highest BCUT2D eigenvalue weighted by molar-refractivity contribution is 6.30. The standard InChI is InChI=1S/C14H20ClNO/c1-11-9-13(15)4-5-14(11)17-8-6-12-3-2-7-16-10-12/h4-5,9,12,16H,2-3,6-8,10H2,1H3. The molecule has 0 bridgehead atoms. The summed E-state index contributed by atoms with van der Waals surface area (Å²) in [6.45, 7) is 5.15. The molecule has 3 heteroatoms. The molecule has 0 spiro atoms. The minimum absolute atomic E-state index is 0.770. The van der Waals surface area contributed by atoms with E-state index in [-0.39, 0.29) is 0 Å². The third-order valence-corrected chi connectivity index (χ3v) is 3.55. The van der Waals surface area contributed by atoms with Crippen LogP contribution in [0.15, 0.2) is 18.2 Å². The molecule has 1 aliphatic heterocycles. The van der Waals surface area contributed by atoms with Gasteiger partial charge in [0.1, 0.15) is 5.75 Å². The summed E-state index contributed by atoms with van der Waals surface area (Å²) in [5, 5.41) is 4.20. The molecule has 2 rings (SSSR count). The van der Waals surface area contributed by atoms with Crippen molar-refractivity contribution in [1.29, 1.82) is 0 Å².